The van der Waals surface area contributed by atoms with E-state index in [4.69, 9.17) is 0 Å². The van der Waals surface area contributed by atoms with Crippen LogP contribution in [0.5, 0.6) is 0 Å². The first kappa shape index (κ1) is 16.7. The van der Waals surface area contributed by atoms with E-state index in [0.29, 0.717) is 0 Å². The van der Waals surface area contributed by atoms with Gasteiger partial charge in [-0.3, -0.25) is 0 Å². The molecule has 0 spiro atoms. The van der Waals surface area contributed by atoms with E-state index in [0.717, 1.165) is 28.4 Å². The molecule has 0 bridgehead atoms. The number of hydrogen-bond donors (Lipinski definition) is 1. The third-order valence-electron chi connectivity index (χ3n) is 4.53. The van der Waals surface area contributed by atoms with Gasteiger partial charge in [0.25, 0.3) is 0 Å². The number of hydrogen-bond acceptors (Lipinski definition) is 5. The summed E-state index contributed by atoms with van der Waals surface area (Å²) in [6.45, 7) is 4.07. The van der Waals surface area contributed by atoms with Crippen molar-refractivity contribution in [3.05, 3.63) is 52.5 Å². The molecule has 1 saturated heterocycles. The van der Waals surface area contributed by atoms with Gasteiger partial charge in [0.2, 0.25) is 0 Å². The number of aliphatic hydroxyl groups excluding tert-OH is 1. The average molecular weight is 339 g/mol. The van der Waals surface area contributed by atoms with Crippen LogP contribution >= 0.6 is 11.3 Å². The third kappa shape index (κ3) is 2.83. The second-order valence-electron chi connectivity index (χ2n) is 5.90. The Kier molecular flexibility index (Phi) is 4.98. The molecule has 3 atom stereocenters. The number of anilines is 1. The summed E-state index contributed by atoms with van der Waals surface area (Å²) in [6, 6.07) is 10.2. The van der Waals surface area contributed by atoms with Gasteiger partial charge in [-0.25, -0.2) is 4.98 Å². The molecule has 2 heterocycles. The number of nitrogens with zero attached hydrogens (tertiary/aromatic N) is 3. The maximum atomic E-state index is 9.88. The van der Waals surface area contributed by atoms with E-state index in [1.807, 2.05) is 29.4 Å². The van der Waals surface area contributed by atoms with E-state index in [9.17, 15) is 10.4 Å². The number of thiazole rings is 1. The Morgan fingerprint density at radius 2 is 2.12 bits per heavy atom. The molecule has 0 aliphatic carbocycles. The van der Waals surface area contributed by atoms with E-state index >= 15 is 0 Å². The van der Waals surface area contributed by atoms with Gasteiger partial charge in [-0.2, -0.15) is 5.26 Å². The minimum Gasteiger partial charge on any atom is -0.394 e. The first-order valence-corrected chi connectivity index (χ1v) is 9.07. The Morgan fingerprint density at radius 3 is 2.67 bits per heavy atom. The number of allylic oxidation sites excluding steroid dienone is 1. The molecule has 24 heavy (non-hydrogen) atoms. The molecule has 1 N–H and O–H groups in total. The molecule has 5 heteroatoms. The quantitative estimate of drug-likeness (QED) is 0.904. The van der Waals surface area contributed by atoms with Gasteiger partial charge in [-0.1, -0.05) is 43.3 Å². The predicted molar refractivity (Wildman–Crippen MR) is 98.1 cm³/mol. The molecule has 0 unspecified atom stereocenters. The lowest BCUT2D eigenvalue weighted by Gasteiger charge is -2.51. The van der Waals surface area contributed by atoms with Crippen LogP contribution in [0.15, 0.2) is 35.7 Å². The highest BCUT2D eigenvalue weighted by Crippen LogP contribution is 2.44. The summed E-state index contributed by atoms with van der Waals surface area (Å²) in [7, 11) is 0. The van der Waals surface area contributed by atoms with Crippen molar-refractivity contribution in [2.24, 2.45) is 0 Å². The van der Waals surface area contributed by atoms with Crippen LogP contribution in [-0.2, 0) is 6.42 Å². The summed E-state index contributed by atoms with van der Waals surface area (Å²) in [5.74, 6) is 0.00799. The molecule has 124 valence electrons. The molecule has 1 aliphatic rings. The molecule has 0 radical (unpaired) electrons. The summed E-state index contributed by atoms with van der Waals surface area (Å²) in [6.07, 6.45) is 4.92. The van der Waals surface area contributed by atoms with E-state index in [1.54, 1.807) is 11.3 Å². The Morgan fingerprint density at radius 1 is 1.38 bits per heavy atom. The highest BCUT2D eigenvalue weighted by molar-refractivity contribution is 7.13. The van der Waals surface area contributed by atoms with Crippen LogP contribution in [-0.4, -0.2) is 28.8 Å². The SMILES string of the molecule is CC=Cc1ccc([C@@H]2[C@H](C#N)N(c3nc(CC)cs3)[C@H]2CO)cc1. The minimum absolute atomic E-state index is 0.00799. The molecule has 1 aromatic heterocycles. The molecular formula is C19H21N3OS. The smallest absolute Gasteiger partial charge is 0.186 e. The number of aryl methyl sites for hydroxylation is 1. The number of benzene rings is 1. The Bertz CT molecular complexity index is 760. The molecule has 2 aromatic rings. The topological polar surface area (TPSA) is 60.2 Å². The standard InChI is InChI=1S/C19H21N3OS/c1-3-5-13-6-8-14(9-7-13)18-16(10-20)22(17(18)11-23)19-21-15(4-2)12-24-19/h3,5-9,12,16-18,23H,4,11H2,1-2H3/t16-,17-,18+/m0/s1. The summed E-state index contributed by atoms with van der Waals surface area (Å²) in [4.78, 5) is 6.55. The van der Waals surface area contributed by atoms with Crippen molar-refractivity contribution in [1.82, 2.24) is 4.98 Å². The van der Waals surface area contributed by atoms with Crippen LogP contribution in [0.1, 0.15) is 36.6 Å². The van der Waals surface area contributed by atoms with Crippen molar-refractivity contribution in [3.8, 4) is 6.07 Å². The lowest BCUT2D eigenvalue weighted by Crippen LogP contribution is -2.63. The maximum Gasteiger partial charge on any atom is 0.186 e. The molecule has 0 saturated carbocycles. The van der Waals surface area contributed by atoms with E-state index < -0.39 is 0 Å². The second kappa shape index (κ2) is 7.16. The van der Waals surface area contributed by atoms with Crippen LogP contribution in [0.4, 0.5) is 5.13 Å². The van der Waals surface area contributed by atoms with Gasteiger partial charge >= 0.3 is 0 Å². The summed E-state index contributed by atoms with van der Waals surface area (Å²) in [5.41, 5.74) is 3.26. The normalized spacial score (nSPS) is 23.2. The van der Waals surface area contributed by atoms with Gasteiger partial charge in [-0.15, -0.1) is 11.3 Å². The molecular weight excluding hydrogens is 318 g/mol. The van der Waals surface area contributed by atoms with Crippen molar-refractivity contribution in [3.63, 3.8) is 0 Å². The highest BCUT2D eigenvalue weighted by Gasteiger charge is 2.50. The third-order valence-corrected chi connectivity index (χ3v) is 5.44. The molecule has 1 aromatic carbocycles. The molecule has 1 aliphatic heterocycles. The van der Waals surface area contributed by atoms with Crippen molar-refractivity contribution < 1.29 is 5.11 Å². The van der Waals surface area contributed by atoms with E-state index in [1.165, 1.54) is 0 Å². The number of nitriles is 1. The first-order valence-electron chi connectivity index (χ1n) is 8.19. The largest absolute Gasteiger partial charge is 0.394 e. The molecule has 3 rings (SSSR count). The average Bonchev–Trinajstić information content (AvgIpc) is 3.05. The van der Waals surface area contributed by atoms with Crippen LogP contribution < -0.4 is 4.90 Å². The van der Waals surface area contributed by atoms with Gasteiger partial charge in [0.15, 0.2) is 5.13 Å². The fourth-order valence-corrected chi connectivity index (χ4v) is 4.27. The van der Waals surface area contributed by atoms with Crippen LogP contribution in [0.25, 0.3) is 6.08 Å². The van der Waals surface area contributed by atoms with Crippen molar-refractivity contribution in [1.29, 1.82) is 5.26 Å². The molecule has 1 fully saturated rings. The van der Waals surface area contributed by atoms with Gasteiger partial charge in [0.1, 0.15) is 6.04 Å². The second-order valence-corrected chi connectivity index (χ2v) is 6.74. The van der Waals surface area contributed by atoms with Crippen LogP contribution in [0.2, 0.25) is 0 Å². The Balaban J connectivity index is 1.87. The van der Waals surface area contributed by atoms with Gasteiger partial charge in [-0.05, 0) is 24.5 Å². The summed E-state index contributed by atoms with van der Waals surface area (Å²) < 4.78 is 0. The lowest BCUT2D eigenvalue weighted by atomic mass is 9.76. The van der Waals surface area contributed by atoms with Crippen molar-refractivity contribution in [2.75, 3.05) is 11.5 Å². The maximum absolute atomic E-state index is 9.88. The van der Waals surface area contributed by atoms with Crippen molar-refractivity contribution >= 4 is 22.5 Å². The Hall–Kier alpha value is -2.16. The fraction of sp³-hybridized carbons (Fsp3) is 0.368. The van der Waals surface area contributed by atoms with Gasteiger partial charge < -0.3 is 10.0 Å². The van der Waals surface area contributed by atoms with Gasteiger partial charge in [0, 0.05) is 11.3 Å². The van der Waals surface area contributed by atoms with Crippen molar-refractivity contribution in [2.45, 2.75) is 38.3 Å². The number of rotatable bonds is 5. The predicted octanol–water partition coefficient (Wildman–Crippen LogP) is 3.60. The lowest BCUT2D eigenvalue weighted by molar-refractivity contribution is 0.187. The Labute approximate surface area is 146 Å². The zero-order valence-corrected chi connectivity index (χ0v) is 14.7. The van der Waals surface area contributed by atoms with E-state index in [2.05, 4.69) is 42.2 Å². The monoisotopic (exact) mass is 339 g/mol. The molecule has 0 amide bonds. The minimum atomic E-state index is -0.287. The zero-order chi connectivity index (χ0) is 17.1. The summed E-state index contributed by atoms with van der Waals surface area (Å²) >= 11 is 1.55. The zero-order valence-electron chi connectivity index (χ0n) is 13.9. The first-order chi connectivity index (χ1) is 11.7. The fourth-order valence-electron chi connectivity index (χ4n) is 3.27. The van der Waals surface area contributed by atoms with Crippen LogP contribution in [0, 0.1) is 11.3 Å². The van der Waals surface area contributed by atoms with Crippen LogP contribution in [0.3, 0.4) is 0 Å². The summed E-state index contributed by atoms with van der Waals surface area (Å²) in [5, 5.41) is 22.4. The number of aromatic nitrogens is 1. The van der Waals surface area contributed by atoms with E-state index in [-0.39, 0.29) is 24.6 Å². The molecule has 4 nitrogen and oxygen atoms in total. The highest BCUT2D eigenvalue weighted by atomic mass is 32.1. The van der Waals surface area contributed by atoms with Gasteiger partial charge in [0.05, 0.1) is 24.4 Å². The number of aliphatic hydroxyl groups is 1.